The fourth-order valence-corrected chi connectivity index (χ4v) is 3.60. The first-order valence-electron chi connectivity index (χ1n) is 8.40. The van der Waals surface area contributed by atoms with Crippen LogP contribution in [0.25, 0.3) is 6.08 Å². The van der Waals surface area contributed by atoms with Gasteiger partial charge in [-0.2, -0.15) is 0 Å². The van der Waals surface area contributed by atoms with E-state index in [1.807, 2.05) is 0 Å². The maximum absolute atomic E-state index is 12.7. The van der Waals surface area contributed by atoms with Crippen LogP contribution in [0.2, 0.25) is 5.02 Å². The number of thioether (sulfide) groups is 1. The van der Waals surface area contributed by atoms with E-state index in [4.69, 9.17) is 26.2 Å². The lowest BCUT2D eigenvalue weighted by molar-refractivity contribution is -0.139. The number of benzene rings is 2. The van der Waals surface area contributed by atoms with Crippen molar-refractivity contribution in [3.63, 3.8) is 0 Å². The number of hydrogen-bond acceptors (Lipinski definition) is 6. The third-order valence-corrected chi connectivity index (χ3v) is 5.14. The van der Waals surface area contributed by atoms with Crippen molar-refractivity contribution in [3.05, 3.63) is 63.5 Å². The van der Waals surface area contributed by atoms with Crippen LogP contribution in [0.1, 0.15) is 11.1 Å². The van der Waals surface area contributed by atoms with Crippen LogP contribution in [0.4, 0.5) is 4.79 Å². The fraction of sp³-hybridized carbons (Fsp3) is 0.150. The molecule has 0 radical (unpaired) electrons. The first-order chi connectivity index (χ1) is 13.9. The van der Waals surface area contributed by atoms with E-state index in [2.05, 4.69) is 0 Å². The molecule has 1 aliphatic heterocycles. The zero-order valence-corrected chi connectivity index (χ0v) is 16.8. The first-order valence-corrected chi connectivity index (χ1v) is 9.60. The lowest BCUT2D eigenvalue weighted by Crippen LogP contribution is -2.27. The van der Waals surface area contributed by atoms with Crippen molar-refractivity contribution in [2.45, 2.75) is 6.54 Å². The maximum Gasteiger partial charge on any atom is 0.341 e. The van der Waals surface area contributed by atoms with Crippen LogP contribution >= 0.6 is 23.4 Å². The van der Waals surface area contributed by atoms with Crippen LogP contribution in [0.15, 0.2) is 47.4 Å². The summed E-state index contributed by atoms with van der Waals surface area (Å²) in [5, 5.41) is 9.05. The average molecular weight is 434 g/mol. The fourth-order valence-electron chi connectivity index (χ4n) is 2.65. The Morgan fingerprint density at radius 3 is 2.59 bits per heavy atom. The molecule has 0 spiro atoms. The Morgan fingerprint density at radius 2 is 1.93 bits per heavy atom. The molecular weight excluding hydrogens is 418 g/mol. The highest BCUT2D eigenvalue weighted by Gasteiger charge is 2.35. The lowest BCUT2D eigenvalue weighted by atomic mass is 10.1. The Morgan fingerprint density at radius 1 is 1.21 bits per heavy atom. The summed E-state index contributed by atoms with van der Waals surface area (Å²) in [7, 11) is 1.42. The minimum Gasteiger partial charge on any atom is -0.493 e. The molecule has 0 atom stereocenters. The summed E-state index contributed by atoms with van der Waals surface area (Å²) in [5.74, 6) is -1.09. The highest BCUT2D eigenvalue weighted by Crippen LogP contribution is 2.37. The van der Waals surface area contributed by atoms with Crippen molar-refractivity contribution in [1.29, 1.82) is 0 Å². The van der Waals surface area contributed by atoms with Gasteiger partial charge in [-0.25, -0.2) is 4.79 Å². The van der Waals surface area contributed by atoms with E-state index in [-0.39, 0.29) is 17.2 Å². The average Bonchev–Trinajstić information content (AvgIpc) is 2.95. The number of ether oxygens (including phenoxy) is 2. The summed E-state index contributed by atoms with van der Waals surface area (Å²) in [6.07, 6.45) is 1.49. The van der Waals surface area contributed by atoms with Crippen LogP contribution in [-0.4, -0.2) is 40.8 Å². The second-order valence-electron chi connectivity index (χ2n) is 5.96. The van der Waals surface area contributed by atoms with Crippen molar-refractivity contribution in [2.75, 3.05) is 13.7 Å². The Bertz CT molecular complexity index is 989. The number of imide groups is 1. The zero-order valence-electron chi connectivity index (χ0n) is 15.3. The minimum atomic E-state index is -1.15. The highest BCUT2D eigenvalue weighted by atomic mass is 35.5. The van der Waals surface area contributed by atoms with Gasteiger partial charge in [0.1, 0.15) is 0 Å². The molecule has 1 heterocycles. The van der Waals surface area contributed by atoms with Gasteiger partial charge in [0.15, 0.2) is 18.1 Å². The largest absolute Gasteiger partial charge is 0.493 e. The number of halogens is 1. The highest BCUT2D eigenvalue weighted by molar-refractivity contribution is 8.18. The second-order valence-corrected chi connectivity index (χ2v) is 7.38. The summed E-state index contributed by atoms with van der Waals surface area (Å²) in [6.45, 7) is -0.446. The van der Waals surface area contributed by atoms with Gasteiger partial charge in [-0.15, -0.1) is 0 Å². The molecule has 2 amide bonds. The van der Waals surface area contributed by atoms with Gasteiger partial charge in [0.25, 0.3) is 11.1 Å². The standard InChI is InChI=1S/C20H16ClNO6S/c1-27-15-4-2-3-13(18(15)28-11-17(23)24)9-16-19(25)22(20(26)29-16)10-12-5-7-14(21)8-6-12/h2-9H,10-11H2,1H3,(H,23,24)/b16-9-. The summed E-state index contributed by atoms with van der Waals surface area (Å²) in [6, 6.07) is 11.8. The number of methoxy groups -OCH3 is 1. The molecule has 1 fully saturated rings. The lowest BCUT2D eigenvalue weighted by Gasteiger charge is -2.13. The number of carboxylic acid groups (broad SMARTS) is 1. The summed E-state index contributed by atoms with van der Waals surface area (Å²) < 4.78 is 10.5. The molecule has 9 heteroatoms. The monoisotopic (exact) mass is 433 g/mol. The molecule has 3 rings (SSSR count). The number of carbonyl (C=O) groups is 3. The summed E-state index contributed by atoms with van der Waals surface area (Å²) in [5.41, 5.74) is 1.20. The number of nitrogens with zero attached hydrogens (tertiary/aromatic N) is 1. The molecule has 0 bridgehead atoms. The zero-order chi connectivity index (χ0) is 21.0. The third-order valence-electron chi connectivity index (χ3n) is 3.98. The van der Waals surface area contributed by atoms with Gasteiger partial charge in [-0.05, 0) is 41.6 Å². The summed E-state index contributed by atoms with van der Waals surface area (Å²) in [4.78, 5) is 37.3. The number of hydrogen-bond donors (Lipinski definition) is 1. The first kappa shape index (κ1) is 20.8. The molecule has 0 unspecified atom stereocenters. The van der Waals surface area contributed by atoms with Gasteiger partial charge in [0, 0.05) is 10.6 Å². The van der Waals surface area contributed by atoms with Gasteiger partial charge >= 0.3 is 5.97 Å². The van der Waals surface area contributed by atoms with Crippen LogP contribution in [0.3, 0.4) is 0 Å². The van der Waals surface area contributed by atoms with Gasteiger partial charge in [0.05, 0.1) is 18.6 Å². The maximum atomic E-state index is 12.7. The van der Waals surface area contributed by atoms with Crippen LogP contribution < -0.4 is 9.47 Å². The van der Waals surface area contributed by atoms with Gasteiger partial charge in [-0.3, -0.25) is 14.5 Å². The Balaban J connectivity index is 1.87. The molecule has 2 aromatic carbocycles. The molecule has 150 valence electrons. The number of aliphatic carboxylic acids is 1. The Kier molecular flexibility index (Phi) is 6.46. The van der Waals surface area contributed by atoms with E-state index in [0.717, 1.165) is 22.2 Å². The van der Waals surface area contributed by atoms with Crippen molar-refractivity contribution < 1.29 is 29.0 Å². The van der Waals surface area contributed by atoms with Crippen LogP contribution in [-0.2, 0) is 16.1 Å². The topological polar surface area (TPSA) is 93.1 Å². The van der Waals surface area contributed by atoms with E-state index < -0.39 is 23.7 Å². The van der Waals surface area contributed by atoms with Gasteiger partial charge in [0.2, 0.25) is 0 Å². The summed E-state index contributed by atoms with van der Waals surface area (Å²) >= 11 is 6.67. The number of para-hydroxylation sites is 1. The Hall–Kier alpha value is -2.97. The van der Waals surface area contributed by atoms with Crippen molar-refractivity contribution in [3.8, 4) is 11.5 Å². The number of carbonyl (C=O) groups excluding carboxylic acids is 2. The van der Waals surface area contributed by atoms with E-state index in [1.54, 1.807) is 42.5 Å². The third kappa shape index (κ3) is 4.90. The number of amides is 2. The SMILES string of the molecule is COc1cccc(/C=C2\SC(=O)N(Cc3ccc(Cl)cc3)C2=O)c1OCC(=O)O. The normalized spacial score (nSPS) is 15.1. The van der Waals surface area contributed by atoms with Crippen molar-refractivity contribution in [2.24, 2.45) is 0 Å². The molecule has 2 aromatic rings. The van der Waals surface area contributed by atoms with Crippen molar-refractivity contribution >= 4 is 46.6 Å². The quantitative estimate of drug-likeness (QED) is 0.658. The van der Waals surface area contributed by atoms with Gasteiger partial charge in [-0.1, -0.05) is 35.9 Å². The number of carboxylic acids is 1. The minimum absolute atomic E-state index is 0.125. The molecule has 0 saturated carbocycles. The second kappa shape index (κ2) is 9.02. The molecule has 29 heavy (non-hydrogen) atoms. The van der Waals surface area contributed by atoms with Crippen LogP contribution in [0.5, 0.6) is 11.5 Å². The van der Waals surface area contributed by atoms with Crippen LogP contribution in [0, 0.1) is 0 Å². The van der Waals surface area contributed by atoms with E-state index in [9.17, 15) is 14.4 Å². The van der Waals surface area contributed by atoms with Gasteiger partial charge < -0.3 is 14.6 Å². The number of rotatable bonds is 7. The molecule has 1 N–H and O–H groups in total. The molecule has 0 aromatic heterocycles. The van der Waals surface area contributed by atoms with E-state index in [1.165, 1.54) is 13.2 Å². The predicted molar refractivity (Wildman–Crippen MR) is 109 cm³/mol. The predicted octanol–water partition coefficient (Wildman–Crippen LogP) is 4.05. The molecule has 1 aliphatic rings. The molecule has 1 saturated heterocycles. The molecular formula is C20H16ClNO6S. The Labute approximate surface area is 175 Å². The molecule has 7 nitrogen and oxygen atoms in total. The van der Waals surface area contributed by atoms with E-state index in [0.29, 0.717) is 16.3 Å². The molecule has 0 aliphatic carbocycles. The van der Waals surface area contributed by atoms with E-state index >= 15 is 0 Å². The smallest absolute Gasteiger partial charge is 0.341 e. The van der Waals surface area contributed by atoms with Crippen molar-refractivity contribution in [1.82, 2.24) is 4.90 Å².